The number of nitrogens with one attached hydrogen (secondary N) is 1. The second kappa shape index (κ2) is 5.55. The Balaban J connectivity index is 3.04. The summed E-state index contributed by atoms with van der Waals surface area (Å²) in [6.45, 7) is 1.23. The molecule has 1 heterocycles. The first-order valence-electron chi connectivity index (χ1n) is 5.19. The molecule has 0 amide bonds. The fourth-order valence-corrected chi connectivity index (χ4v) is 1.54. The van der Waals surface area contributed by atoms with Crippen LogP contribution in [0.15, 0.2) is 0 Å². The number of hydrogen-bond donors (Lipinski definition) is 1. The monoisotopic (exact) mass is 248 g/mol. The minimum Gasteiger partial charge on any atom is -0.359 e. The van der Waals surface area contributed by atoms with Gasteiger partial charge in [0.05, 0.1) is 11.5 Å². The van der Waals surface area contributed by atoms with Crippen LogP contribution in [0.2, 0.25) is 0 Å². The number of anilines is 1. The van der Waals surface area contributed by atoms with Crippen LogP contribution in [-0.2, 0) is 13.5 Å². The highest BCUT2D eigenvalue weighted by Gasteiger charge is 2.26. The Labute approximate surface area is 96.8 Å². The van der Waals surface area contributed by atoms with E-state index in [4.69, 9.17) is 0 Å². The molecule has 0 spiro atoms. The first kappa shape index (κ1) is 13.3. The molecule has 1 aromatic rings. The van der Waals surface area contributed by atoms with Gasteiger partial charge in [-0.1, -0.05) is 13.3 Å². The third-order valence-corrected chi connectivity index (χ3v) is 2.19. The second-order valence-corrected chi connectivity index (χ2v) is 3.55. The van der Waals surface area contributed by atoms with E-state index in [1.54, 1.807) is 0 Å². The zero-order valence-electron chi connectivity index (χ0n) is 9.61. The third-order valence-electron chi connectivity index (χ3n) is 2.19. The number of aromatic nitrogens is 2. The molecule has 96 valence electrons. The van der Waals surface area contributed by atoms with Gasteiger partial charge in [0, 0.05) is 7.05 Å². The maximum absolute atomic E-state index is 12.1. The van der Waals surface area contributed by atoms with E-state index in [0.717, 1.165) is 0 Å². The van der Waals surface area contributed by atoms with Gasteiger partial charge >= 0.3 is 5.69 Å². The lowest BCUT2D eigenvalue weighted by Gasteiger charge is -2.04. The summed E-state index contributed by atoms with van der Waals surface area (Å²) in [5, 5.41) is 17.2. The van der Waals surface area contributed by atoms with Crippen molar-refractivity contribution in [3.63, 3.8) is 0 Å². The number of nitro groups is 1. The lowest BCUT2D eigenvalue weighted by atomic mass is 10.2. The van der Waals surface area contributed by atoms with E-state index in [2.05, 4.69) is 10.4 Å². The SMILES string of the molecule is CCCc1nn(C)c(NCC(F)F)c1[N+](=O)[O-]. The zero-order chi connectivity index (χ0) is 13.0. The van der Waals surface area contributed by atoms with Crippen LogP contribution in [0.1, 0.15) is 19.0 Å². The number of alkyl halides is 2. The molecule has 0 aliphatic carbocycles. The molecule has 6 nitrogen and oxygen atoms in total. The van der Waals surface area contributed by atoms with E-state index < -0.39 is 17.9 Å². The molecule has 0 atom stereocenters. The first-order valence-corrected chi connectivity index (χ1v) is 5.19. The summed E-state index contributed by atoms with van der Waals surface area (Å²) in [6, 6.07) is 0. The number of rotatable bonds is 6. The molecule has 17 heavy (non-hydrogen) atoms. The Kier molecular flexibility index (Phi) is 4.36. The lowest BCUT2D eigenvalue weighted by Crippen LogP contribution is -2.13. The summed E-state index contributed by atoms with van der Waals surface area (Å²) in [6.07, 6.45) is -1.42. The summed E-state index contributed by atoms with van der Waals surface area (Å²) in [5.41, 5.74) is 0.103. The minimum atomic E-state index is -2.57. The van der Waals surface area contributed by atoms with Crippen LogP contribution in [0.3, 0.4) is 0 Å². The van der Waals surface area contributed by atoms with Crippen molar-refractivity contribution in [1.29, 1.82) is 0 Å². The molecule has 0 bridgehead atoms. The highest BCUT2D eigenvalue weighted by Crippen LogP contribution is 2.28. The summed E-state index contributed by atoms with van der Waals surface area (Å²) < 4.78 is 25.4. The zero-order valence-corrected chi connectivity index (χ0v) is 9.61. The Bertz CT molecular complexity index is 406. The van der Waals surface area contributed by atoms with E-state index in [0.29, 0.717) is 18.5 Å². The Morgan fingerprint density at radius 3 is 2.71 bits per heavy atom. The van der Waals surface area contributed by atoms with Crippen LogP contribution in [0.5, 0.6) is 0 Å². The molecule has 8 heteroatoms. The first-order chi connectivity index (χ1) is 7.97. The van der Waals surface area contributed by atoms with Crippen molar-refractivity contribution in [2.45, 2.75) is 26.2 Å². The molecule has 0 aliphatic rings. The van der Waals surface area contributed by atoms with Gasteiger partial charge in [0.1, 0.15) is 5.69 Å². The smallest absolute Gasteiger partial charge is 0.333 e. The maximum atomic E-state index is 12.1. The highest BCUT2D eigenvalue weighted by atomic mass is 19.3. The number of nitrogens with zero attached hydrogens (tertiary/aromatic N) is 3. The van der Waals surface area contributed by atoms with Gasteiger partial charge in [-0.3, -0.25) is 10.1 Å². The van der Waals surface area contributed by atoms with Gasteiger partial charge in [-0.15, -0.1) is 0 Å². The van der Waals surface area contributed by atoms with Crippen molar-refractivity contribution in [2.75, 3.05) is 11.9 Å². The highest BCUT2D eigenvalue weighted by molar-refractivity contribution is 5.59. The number of halogens is 2. The van der Waals surface area contributed by atoms with Crippen molar-refractivity contribution in [2.24, 2.45) is 7.05 Å². The second-order valence-electron chi connectivity index (χ2n) is 3.55. The van der Waals surface area contributed by atoms with Gasteiger partial charge in [0.25, 0.3) is 6.43 Å². The van der Waals surface area contributed by atoms with Crippen molar-refractivity contribution < 1.29 is 13.7 Å². The van der Waals surface area contributed by atoms with Crippen LogP contribution in [0, 0.1) is 10.1 Å². The molecular weight excluding hydrogens is 234 g/mol. The molecule has 1 N–H and O–H groups in total. The fraction of sp³-hybridized carbons (Fsp3) is 0.667. The molecule has 0 saturated carbocycles. The van der Waals surface area contributed by atoms with E-state index >= 15 is 0 Å². The normalized spacial score (nSPS) is 10.9. The van der Waals surface area contributed by atoms with E-state index in [1.165, 1.54) is 11.7 Å². The van der Waals surface area contributed by atoms with Crippen molar-refractivity contribution >= 4 is 11.5 Å². The van der Waals surface area contributed by atoms with Crippen LogP contribution < -0.4 is 5.32 Å². The number of aryl methyl sites for hydroxylation is 2. The Hall–Kier alpha value is -1.73. The van der Waals surface area contributed by atoms with E-state index in [9.17, 15) is 18.9 Å². The van der Waals surface area contributed by atoms with E-state index in [-0.39, 0.29) is 11.5 Å². The number of hydrogen-bond acceptors (Lipinski definition) is 4. The van der Waals surface area contributed by atoms with Crippen LogP contribution in [0.4, 0.5) is 20.3 Å². The molecular formula is C9H14F2N4O2. The van der Waals surface area contributed by atoms with Gasteiger partial charge in [-0.05, 0) is 6.42 Å². The summed E-state index contributed by atoms with van der Waals surface area (Å²) in [5.74, 6) is 0.0266. The van der Waals surface area contributed by atoms with Gasteiger partial charge in [-0.2, -0.15) is 5.10 Å². The van der Waals surface area contributed by atoms with Crippen molar-refractivity contribution in [3.8, 4) is 0 Å². The van der Waals surface area contributed by atoms with Gasteiger partial charge < -0.3 is 5.32 Å². The quantitative estimate of drug-likeness (QED) is 0.617. The average Bonchev–Trinajstić information content (AvgIpc) is 2.52. The standard InChI is InChI=1S/C9H14F2N4O2/c1-3-4-6-8(15(16)17)9(14(2)13-6)12-5-7(10)11/h7,12H,3-5H2,1-2H3. The molecule has 0 aromatic carbocycles. The predicted octanol–water partition coefficient (Wildman–Crippen LogP) is 1.96. The molecule has 0 radical (unpaired) electrons. The van der Waals surface area contributed by atoms with Crippen LogP contribution in [0.25, 0.3) is 0 Å². The van der Waals surface area contributed by atoms with Crippen LogP contribution in [-0.4, -0.2) is 27.7 Å². The molecule has 0 fully saturated rings. The summed E-state index contributed by atoms with van der Waals surface area (Å²) in [7, 11) is 1.49. The fourth-order valence-electron chi connectivity index (χ4n) is 1.54. The lowest BCUT2D eigenvalue weighted by molar-refractivity contribution is -0.384. The molecule has 1 rings (SSSR count). The summed E-state index contributed by atoms with van der Waals surface area (Å²) >= 11 is 0. The average molecular weight is 248 g/mol. The van der Waals surface area contributed by atoms with Crippen molar-refractivity contribution in [3.05, 3.63) is 15.8 Å². The molecule has 0 saturated heterocycles. The Morgan fingerprint density at radius 1 is 1.59 bits per heavy atom. The molecule has 0 unspecified atom stereocenters. The third kappa shape index (κ3) is 3.11. The Morgan fingerprint density at radius 2 is 2.24 bits per heavy atom. The predicted molar refractivity (Wildman–Crippen MR) is 58.4 cm³/mol. The van der Waals surface area contributed by atoms with Gasteiger partial charge in [0.15, 0.2) is 0 Å². The van der Waals surface area contributed by atoms with Crippen molar-refractivity contribution in [1.82, 2.24) is 9.78 Å². The molecule has 1 aromatic heterocycles. The maximum Gasteiger partial charge on any atom is 0.333 e. The van der Waals surface area contributed by atoms with Gasteiger partial charge in [0.2, 0.25) is 5.82 Å². The minimum absolute atomic E-state index is 0.0266. The molecule has 0 aliphatic heterocycles. The largest absolute Gasteiger partial charge is 0.359 e. The van der Waals surface area contributed by atoms with E-state index in [1.807, 2.05) is 6.92 Å². The summed E-state index contributed by atoms with van der Waals surface area (Å²) in [4.78, 5) is 10.3. The van der Waals surface area contributed by atoms with Crippen LogP contribution >= 0.6 is 0 Å². The van der Waals surface area contributed by atoms with Gasteiger partial charge in [-0.25, -0.2) is 13.5 Å². The topological polar surface area (TPSA) is 73.0 Å².